The van der Waals surface area contributed by atoms with Crippen LogP contribution in [0.4, 0.5) is 0 Å². The van der Waals surface area contributed by atoms with Crippen LogP contribution in [0.1, 0.15) is 235 Å². The van der Waals surface area contributed by atoms with Gasteiger partial charge in [0.05, 0.1) is 68.9 Å². The maximum atomic E-state index is 12.4. The second-order valence-electron chi connectivity index (χ2n) is 17.4. The Kier molecular flexibility index (Phi) is 41.4. The second kappa shape index (κ2) is 43.0. The minimum Gasteiger partial charge on any atom is -0.748 e. The Balaban J connectivity index is 0.00000132. The van der Waals surface area contributed by atoms with Crippen LogP contribution >= 0.6 is 0 Å². The van der Waals surface area contributed by atoms with Gasteiger partial charge in [0.15, 0.2) is 0 Å². The predicted molar refractivity (Wildman–Crippen MR) is 270 cm³/mol. The van der Waals surface area contributed by atoms with E-state index in [1.807, 2.05) is 0 Å². The molecule has 0 aromatic heterocycles. The van der Waals surface area contributed by atoms with E-state index >= 15 is 0 Å². The van der Waals surface area contributed by atoms with Gasteiger partial charge in [-0.25, -0.2) is 36.0 Å². The average molecular weight is 1040 g/mol. The van der Waals surface area contributed by atoms with E-state index in [9.17, 15) is 45.1 Å². The molecule has 17 heteroatoms. The molecule has 0 spiro atoms. The van der Waals surface area contributed by atoms with Crippen LogP contribution in [-0.4, -0.2) is 125 Å². The molecule has 0 aliphatic rings. The fourth-order valence-corrected chi connectivity index (χ4v) is 8.30. The van der Waals surface area contributed by atoms with Gasteiger partial charge < -0.3 is 28.1 Å². The van der Waals surface area contributed by atoms with Gasteiger partial charge in [-0.2, -0.15) is 0 Å². The number of hydrogen-bond donors (Lipinski definition) is 0. The number of unbranched alkanes of at least 4 members (excludes halogenated alkanes) is 24. The Morgan fingerprint density at radius 2 is 0.536 bits per heavy atom. The largest absolute Gasteiger partial charge is 2.00 e. The van der Waals surface area contributed by atoms with E-state index in [0.717, 1.165) is 38.5 Å². The maximum absolute atomic E-state index is 12.4. The molecule has 2 aromatic rings. The molecule has 0 saturated carbocycles. The minimum atomic E-state index is -4.35. The molecule has 0 heterocycles. The number of hydrogen-bond acceptors (Lipinski definition) is 14. The van der Waals surface area contributed by atoms with Gasteiger partial charge in [-0.15, -0.1) is 0 Å². The number of benzene rings is 2. The number of carbonyl (C=O) groups excluding carboxylic acids is 4. The smallest absolute Gasteiger partial charge is 0.748 e. The summed E-state index contributed by atoms with van der Waals surface area (Å²) in [6.07, 6.45) is 31.9. The van der Waals surface area contributed by atoms with Gasteiger partial charge in [-0.1, -0.05) is 192 Å². The van der Waals surface area contributed by atoms with E-state index in [1.165, 1.54) is 153 Å². The van der Waals surface area contributed by atoms with Gasteiger partial charge in [0, 0.05) is 11.5 Å². The normalized spacial score (nSPS) is 11.2. The summed E-state index contributed by atoms with van der Waals surface area (Å²) in [6, 6.07) is 12.3. The molecule has 0 saturated heterocycles. The summed E-state index contributed by atoms with van der Waals surface area (Å²) in [5.41, 5.74) is 0.336. The van der Waals surface area contributed by atoms with Gasteiger partial charge in [0.25, 0.3) is 0 Å². The summed E-state index contributed by atoms with van der Waals surface area (Å²) in [4.78, 5) is 49.3. The average Bonchev–Trinajstić information content (AvgIpc) is 3.31. The first-order valence-corrected chi connectivity index (χ1v) is 28.6. The van der Waals surface area contributed by atoms with Gasteiger partial charge in [0.2, 0.25) is 0 Å². The summed E-state index contributed by atoms with van der Waals surface area (Å²) in [7, 11) is -8.70. The Hall–Kier alpha value is -2.60. The fraction of sp³-hybridized carbons (Fsp3) is 0.692. The van der Waals surface area contributed by atoms with Crippen LogP contribution in [0.3, 0.4) is 0 Å². The molecule has 69 heavy (non-hydrogen) atoms. The molecule has 0 amide bonds. The number of rotatable bonds is 40. The molecule has 2 rings (SSSR count). The van der Waals surface area contributed by atoms with E-state index in [-0.39, 0.29) is 86.0 Å². The van der Waals surface area contributed by atoms with Crippen molar-refractivity contribution in [2.45, 2.75) is 194 Å². The monoisotopic (exact) mass is 1030 g/mol. The number of carbonyl (C=O) groups is 4. The molecule has 0 radical (unpaired) electrons. The Bertz CT molecular complexity index is 1750. The zero-order chi connectivity index (χ0) is 50.1. The third-order valence-electron chi connectivity index (χ3n) is 11.2. The van der Waals surface area contributed by atoms with Crippen LogP contribution in [0.15, 0.2) is 48.5 Å². The SMILES string of the molecule is CCCCCCCCCCCCCCCOC(=O)c1ccccc1C(=O)OCCCS(=O)(=O)[O-].CCCCCCCCCCCCCCCOC(=O)c1ccccc1C(=O)OCCCS(=O)(=O)[O-].[Ca+2]. The van der Waals surface area contributed by atoms with E-state index in [4.69, 9.17) is 18.9 Å². The van der Waals surface area contributed by atoms with E-state index < -0.39 is 55.6 Å². The molecule has 14 nitrogen and oxygen atoms in total. The molecule has 0 fully saturated rings. The molecule has 0 N–H and O–H groups in total. The Morgan fingerprint density at radius 1 is 0.348 bits per heavy atom. The van der Waals surface area contributed by atoms with Crippen LogP contribution in [0.2, 0.25) is 0 Å². The maximum Gasteiger partial charge on any atom is 2.00 e. The Morgan fingerprint density at radius 3 is 0.739 bits per heavy atom. The van der Waals surface area contributed by atoms with Crippen LogP contribution in [0, 0.1) is 0 Å². The Labute approximate surface area is 445 Å². The van der Waals surface area contributed by atoms with Gasteiger partial charge in [-0.05, 0) is 49.9 Å². The van der Waals surface area contributed by atoms with Crippen molar-refractivity contribution in [1.29, 1.82) is 0 Å². The van der Waals surface area contributed by atoms with Gasteiger partial charge in [0.1, 0.15) is 0 Å². The quantitative estimate of drug-likeness (QED) is 0.0199. The van der Waals surface area contributed by atoms with E-state index in [0.29, 0.717) is 13.2 Å². The second-order valence-corrected chi connectivity index (χ2v) is 20.4. The summed E-state index contributed by atoms with van der Waals surface area (Å²) in [5, 5.41) is 0. The van der Waals surface area contributed by atoms with Crippen molar-refractivity contribution in [2.75, 3.05) is 37.9 Å². The predicted octanol–water partition coefficient (Wildman–Crippen LogP) is 11.7. The van der Waals surface area contributed by atoms with Crippen molar-refractivity contribution in [3.05, 3.63) is 70.8 Å². The molecule has 388 valence electrons. The molecule has 0 atom stereocenters. The number of esters is 4. The summed E-state index contributed by atoms with van der Waals surface area (Å²) in [6.45, 7) is 4.63. The van der Waals surface area contributed by atoms with Crippen LogP contribution in [0.5, 0.6) is 0 Å². The summed E-state index contributed by atoms with van der Waals surface area (Å²) in [5.74, 6) is -3.90. The molecule has 0 unspecified atom stereocenters. The molecule has 0 bridgehead atoms. The molecular weight excluding hydrogens is 953 g/mol. The van der Waals surface area contributed by atoms with E-state index in [1.54, 1.807) is 24.3 Å². The topological polar surface area (TPSA) is 220 Å². The molecule has 2 aromatic carbocycles. The van der Waals surface area contributed by atoms with Crippen LogP contribution in [0.25, 0.3) is 0 Å². The van der Waals surface area contributed by atoms with Crippen molar-refractivity contribution in [3.8, 4) is 0 Å². The van der Waals surface area contributed by atoms with Crippen molar-refractivity contribution >= 4 is 81.9 Å². The van der Waals surface area contributed by atoms with Crippen molar-refractivity contribution in [1.82, 2.24) is 0 Å². The summed E-state index contributed by atoms with van der Waals surface area (Å²) >= 11 is 0. The third-order valence-corrected chi connectivity index (χ3v) is 12.8. The van der Waals surface area contributed by atoms with Crippen molar-refractivity contribution in [2.24, 2.45) is 0 Å². The van der Waals surface area contributed by atoms with E-state index in [2.05, 4.69) is 13.8 Å². The first kappa shape index (κ1) is 66.4. The minimum absolute atomic E-state index is 0. The zero-order valence-corrected chi connectivity index (χ0v) is 45.7. The number of ether oxygens (including phenoxy) is 4. The molecule has 0 aliphatic heterocycles. The summed E-state index contributed by atoms with van der Waals surface area (Å²) < 4.78 is 84.3. The van der Waals surface area contributed by atoms with Crippen molar-refractivity contribution in [3.63, 3.8) is 0 Å². The van der Waals surface area contributed by atoms with Gasteiger partial charge in [-0.3, -0.25) is 0 Å². The first-order chi connectivity index (χ1) is 32.7. The molecule has 0 aliphatic carbocycles. The van der Waals surface area contributed by atoms with Crippen LogP contribution < -0.4 is 0 Å². The third kappa shape index (κ3) is 37.8. The van der Waals surface area contributed by atoms with Crippen molar-refractivity contribution < 1.29 is 64.1 Å². The first-order valence-electron chi connectivity index (χ1n) is 25.4. The molecular formula is C52H82CaO14S2. The van der Waals surface area contributed by atoms with Gasteiger partial charge >= 0.3 is 61.6 Å². The van der Waals surface area contributed by atoms with Crippen LogP contribution in [-0.2, 0) is 39.2 Å². The standard InChI is InChI=1S/2C26H42O7S.Ca/c2*1-2-3-4-5-6-7-8-9-10-11-12-13-16-20-32-25(27)23-18-14-15-19-24(23)26(28)33-21-17-22-34(29,30)31;/h2*14-15,18-19H,2-13,16-17,20-22H2,1H3,(H,29,30,31);/q;;+2/p-2. The zero-order valence-electron chi connectivity index (χ0n) is 41.9. The fourth-order valence-electron chi connectivity index (χ4n) is 7.36.